The molecular weight excluding hydrogens is 200 g/mol. The van der Waals surface area contributed by atoms with Gasteiger partial charge in [-0.05, 0) is 44.6 Å². The average molecular weight is 226 g/mol. The van der Waals surface area contributed by atoms with Gasteiger partial charge in [-0.15, -0.1) is 0 Å². The van der Waals surface area contributed by atoms with Crippen molar-refractivity contribution in [3.8, 4) is 0 Å². The van der Waals surface area contributed by atoms with E-state index in [2.05, 4.69) is 17.6 Å². The van der Waals surface area contributed by atoms with Crippen molar-refractivity contribution in [3.05, 3.63) is 0 Å². The highest BCUT2D eigenvalue weighted by molar-refractivity contribution is 4.94. The van der Waals surface area contributed by atoms with Crippen LogP contribution in [0.25, 0.3) is 0 Å². The zero-order chi connectivity index (χ0) is 11.4. The maximum absolute atomic E-state index is 9.26. The Morgan fingerprint density at radius 1 is 1.31 bits per heavy atom. The van der Waals surface area contributed by atoms with Crippen LogP contribution in [0.1, 0.15) is 45.4 Å². The minimum absolute atomic E-state index is 0.276. The van der Waals surface area contributed by atoms with Crippen molar-refractivity contribution in [1.82, 2.24) is 10.6 Å². The second-order valence-corrected chi connectivity index (χ2v) is 5.36. The molecular formula is C13H26N2O. The number of hydrogen-bond acceptors (Lipinski definition) is 3. The number of aliphatic hydroxyl groups is 1. The quantitative estimate of drug-likeness (QED) is 0.661. The molecule has 0 bridgehead atoms. The SMILES string of the molecule is CC[C@@H](CO)NC1CCCC1C1CCCN1. The number of nitrogens with one attached hydrogen (secondary N) is 2. The largest absolute Gasteiger partial charge is 0.395 e. The Labute approximate surface area is 99.0 Å². The van der Waals surface area contributed by atoms with Gasteiger partial charge in [0.2, 0.25) is 0 Å². The summed E-state index contributed by atoms with van der Waals surface area (Å²) in [5.41, 5.74) is 0. The third kappa shape index (κ3) is 2.76. The van der Waals surface area contributed by atoms with E-state index in [1.807, 2.05) is 0 Å². The predicted molar refractivity (Wildman–Crippen MR) is 66.5 cm³/mol. The molecule has 0 aromatic carbocycles. The summed E-state index contributed by atoms with van der Waals surface area (Å²) in [6, 6.07) is 1.66. The molecule has 0 spiro atoms. The van der Waals surface area contributed by atoms with E-state index in [-0.39, 0.29) is 6.61 Å². The van der Waals surface area contributed by atoms with Crippen molar-refractivity contribution in [3.63, 3.8) is 0 Å². The minimum atomic E-state index is 0.276. The molecule has 2 aliphatic rings. The molecule has 1 saturated carbocycles. The second-order valence-electron chi connectivity index (χ2n) is 5.36. The summed E-state index contributed by atoms with van der Waals surface area (Å²) in [7, 11) is 0. The molecule has 0 aromatic rings. The monoisotopic (exact) mass is 226 g/mol. The Morgan fingerprint density at radius 3 is 2.81 bits per heavy atom. The summed E-state index contributed by atoms with van der Waals surface area (Å²) < 4.78 is 0. The van der Waals surface area contributed by atoms with Crippen LogP contribution in [0.3, 0.4) is 0 Å². The van der Waals surface area contributed by atoms with E-state index in [0.717, 1.165) is 18.4 Å². The lowest BCUT2D eigenvalue weighted by molar-refractivity contribution is 0.208. The molecule has 1 aliphatic carbocycles. The van der Waals surface area contributed by atoms with Crippen LogP contribution >= 0.6 is 0 Å². The van der Waals surface area contributed by atoms with Crippen LogP contribution in [-0.2, 0) is 0 Å². The highest BCUT2D eigenvalue weighted by Gasteiger charge is 2.35. The summed E-state index contributed by atoms with van der Waals surface area (Å²) >= 11 is 0. The van der Waals surface area contributed by atoms with Crippen molar-refractivity contribution in [1.29, 1.82) is 0 Å². The maximum atomic E-state index is 9.26. The van der Waals surface area contributed by atoms with E-state index in [0.29, 0.717) is 12.1 Å². The maximum Gasteiger partial charge on any atom is 0.0584 e. The number of rotatable bonds is 5. The molecule has 3 nitrogen and oxygen atoms in total. The van der Waals surface area contributed by atoms with Gasteiger partial charge in [0.15, 0.2) is 0 Å². The molecule has 94 valence electrons. The summed E-state index contributed by atoms with van der Waals surface area (Å²) in [5.74, 6) is 0.795. The van der Waals surface area contributed by atoms with Crippen LogP contribution in [-0.4, -0.2) is 36.4 Å². The fraction of sp³-hybridized carbons (Fsp3) is 1.00. The molecule has 2 rings (SSSR count). The Kier molecular flexibility index (Phi) is 4.62. The zero-order valence-electron chi connectivity index (χ0n) is 10.4. The smallest absolute Gasteiger partial charge is 0.0584 e. The molecule has 3 heteroatoms. The van der Waals surface area contributed by atoms with Crippen LogP contribution in [0.4, 0.5) is 0 Å². The lowest BCUT2D eigenvalue weighted by Crippen LogP contribution is -2.47. The average Bonchev–Trinajstić information content (AvgIpc) is 2.95. The van der Waals surface area contributed by atoms with Crippen molar-refractivity contribution in [2.24, 2.45) is 5.92 Å². The topological polar surface area (TPSA) is 44.3 Å². The highest BCUT2D eigenvalue weighted by Crippen LogP contribution is 2.32. The van der Waals surface area contributed by atoms with Crippen molar-refractivity contribution in [2.45, 2.75) is 63.6 Å². The molecule has 1 heterocycles. The summed E-state index contributed by atoms with van der Waals surface area (Å²) in [5, 5.41) is 16.5. The Balaban J connectivity index is 1.87. The second kappa shape index (κ2) is 5.99. The normalized spacial score (nSPS) is 36.8. The van der Waals surface area contributed by atoms with Gasteiger partial charge in [0.05, 0.1) is 6.61 Å². The van der Waals surface area contributed by atoms with Gasteiger partial charge in [-0.25, -0.2) is 0 Å². The van der Waals surface area contributed by atoms with Gasteiger partial charge in [-0.3, -0.25) is 0 Å². The van der Waals surface area contributed by atoms with E-state index in [4.69, 9.17) is 0 Å². The van der Waals surface area contributed by atoms with Crippen molar-refractivity contribution >= 4 is 0 Å². The summed E-state index contributed by atoms with van der Waals surface area (Å²) in [4.78, 5) is 0. The summed E-state index contributed by atoms with van der Waals surface area (Å²) in [6.45, 7) is 3.62. The van der Waals surface area contributed by atoms with Crippen molar-refractivity contribution in [2.75, 3.05) is 13.2 Å². The molecule has 1 saturated heterocycles. The number of aliphatic hydroxyl groups excluding tert-OH is 1. The molecule has 0 radical (unpaired) electrons. The first-order valence-electron chi connectivity index (χ1n) is 6.95. The first-order chi connectivity index (χ1) is 7.85. The molecule has 4 atom stereocenters. The third-order valence-corrected chi connectivity index (χ3v) is 4.35. The number of hydrogen-bond donors (Lipinski definition) is 3. The third-order valence-electron chi connectivity index (χ3n) is 4.35. The molecule has 16 heavy (non-hydrogen) atoms. The van der Waals surface area contributed by atoms with E-state index in [1.54, 1.807) is 0 Å². The zero-order valence-corrected chi connectivity index (χ0v) is 10.4. The van der Waals surface area contributed by atoms with Crippen LogP contribution < -0.4 is 10.6 Å². The van der Waals surface area contributed by atoms with Gasteiger partial charge in [0, 0.05) is 18.1 Å². The Morgan fingerprint density at radius 2 is 2.19 bits per heavy atom. The minimum Gasteiger partial charge on any atom is -0.395 e. The highest BCUT2D eigenvalue weighted by atomic mass is 16.3. The molecule has 2 fully saturated rings. The van der Waals surface area contributed by atoms with Crippen LogP contribution in [0, 0.1) is 5.92 Å². The van der Waals surface area contributed by atoms with E-state index >= 15 is 0 Å². The van der Waals surface area contributed by atoms with Gasteiger partial charge < -0.3 is 15.7 Å². The first kappa shape index (κ1) is 12.3. The van der Waals surface area contributed by atoms with Gasteiger partial charge in [0.1, 0.15) is 0 Å². The van der Waals surface area contributed by atoms with Gasteiger partial charge in [-0.1, -0.05) is 13.3 Å². The molecule has 0 aromatic heterocycles. The lowest BCUT2D eigenvalue weighted by atomic mass is 9.92. The van der Waals surface area contributed by atoms with Crippen molar-refractivity contribution < 1.29 is 5.11 Å². The molecule has 3 unspecified atom stereocenters. The summed E-state index contributed by atoms with van der Waals surface area (Å²) in [6.07, 6.45) is 7.71. The van der Waals surface area contributed by atoms with Crippen LogP contribution in [0.2, 0.25) is 0 Å². The van der Waals surface area contributed by atoms with E-state index < -0.39 is 0 Å². The fourth-order valence-corrected chi connectivity index (χ4v) is 3.36. The predicted octanol–water partition coefficient (Wildman–Crippen LogP) is 1.27. The van der Waals surface area contributed by atoms with Gasteiger partial charge >= 0.3 is 0 Å². The standard InChI is InChI=1S/C13H26N2O/c1-2-10(9-16)15-13-6-3-5-11(13)12-7-4-8-14-12/h10-16H,2-9H2,1H3/t10-,11?,12?,13?/m0/s1. The fourth-order valence-electron chi connectivity index (χ4n) is 3.36. The molecule has 1 aliphatic heterocycles. The van der Waals surface area contributed by atoms with Gasteiger partial charge in [0.25, 0.3) is 0 Å². The first-order valence-corrected chi connectivity index (χ1v) is 6.95. The Bertz CT molecular complexity index is 200. The Hall–Kier alpha value is -0.120. The molecule has 0 amide bonds. The molecule has 3 N–H and O–H groups in total. The van der Waals surface area contributed by atoms with E-state index in [1.165, 1.54) is 38.6 Å². The van der Waals surface area contributed by atoms with Gasteiger partial charge in [-0.2, -0.15) is 0 Å². The van der Waals surface area contributed by atoms with Crippen LogP contribution in [0.5, 0.6) is 0 Å². The van der Waals surface area contributed by atoms with Crippen LogP contribution in [0.15, 0.2) is 0 Å². The van der Waals surface area contributed by atoms with E-state index in [9.17, 15) is 5.11 Å². The lowest BCUT2D eigenvalue weighted by Gasteiger charge is -2.29.